The summed E-state index contributed by atoms with van der Waals surface area (Å²) in [5.41, 5.74) is 32.0. The van der Waals surface area contributed by atoms with E-state index in [-0.39, 0.29) is 0 Å². The molecule has 2 aromatic heterocycles. The molecular formula is C76H53N3. The van der Waals surface area contributed by atoms with Crippen molar-refractivity contribution in [3.8, 4) is 78.9 Å². The van der Waals surface area contributed by atoms with Crippen molar-refractivity contribution in [3.05, 3.63) is 207 Å². The summed E-state index contributed by atoms with van der Waals surface area (Å²) < 4.78 is 2.66. The Morgan fingerprint density at radius 1 is 0.380 bits per heavy atom. The highest BCUT2D eigenvalue weighted by Gasteiger charge is 2.66. The fraction of sp³-hybridized carbons (Fsp3) is 0.263. The summed E-state index contributed by atoms with van der Waals surface area (Å²) >= 11 is 0. The molecule has 372 valence electrons. The van der Waals surface area contributed by atoms with Gasteiger partial charge in [0, 0.05) is 21.5 Å². The van der Waals surface area contributed by atoms with Gasteiger partial charge in [0.15, 0.2) is 0 Å². The van der Waals surface area contributed by atoms with Crippen LogP contribution in [0.1, 0.15) is 144 Å². The van der Waals surface area contributed by atoms with Gasteiger partial charge in [-0.15, -0.1) is 0 Å². The molecule has 2 spiro atoms. The van der Waals surface area contributed by atoms with E-state index in [9.17, 15) is 10.5 Å². The molecule has 79 heavy (non-hydrogen) atoms. The largest absolute Gasteiger partial charge is 0.308 e. The van der Waals surface area contributed by atoms with Crippen LogP contribution in [-0.2, 0) is 5.41 Å². The number of aromatic nitrogens is 1. The average molecular weight is 1010 g/mol. The van der Waals surface area contributed by atoms with Crippen molar-refractivity contribution in [1.29, 1.82) is 10.5 Å². The third-order valence-corrected chi connectivity index (χ3v) is 24.0. The quantitative estimate of drug-likeness (QED) is 0.152. The second-order valence-electron chi connectivity index (χ2n) is 26.8. The number of hydrogen-bond acceptors (Lipinski definition) is 2. The van der Waals surface area contributed by atoms with Gasteiger partial charge in [-0.05, 0) is 259 Å². The third kappa shape index (κ3) is 4.57. The van der Waals surface area contributed by atoms with Gasteiger partial charge in [-0.1, -0.05) is 121 Å². The smallest absolute Gasteiger partial charge is 0.0995 e. The summed E-state index contributed by atoms with van der Waals surface area (Å²) in [7, 11) is 0. The molecule has 7 atom stereocenters. The Morgan fingerprint density at radius 2 is 0.848 bits per heavy atom. The minimum absolute atomic E-state index is 0.398. The van der Waals surface area contributed by atoms with Crippen LogP contribution in [0.3, 0.4) is 0 Å². The van der Waals surface area contributed by atoms with Crippen molar-refractivity contribution in [2.24, 2.45) is 29.1 Å². The van der Waals surface area contributed by atoms with Gasteiger partial charge in [0.2, 0.25) is 0 Å². The summed E-state index contributed by atoms with van der Waals surface area (Å²) in [6, 6.07) is 64.9. The SMILES string of the molecule is N#Cc1cc2c(c3c1C1CC4CC5CC3CC45C1)c1cc3c(c4c5c6c(c(C#N)cc5n2c14)C1CC2CC(C1)CC6C2)C1(c2ccccc2-c2ccccc21)c1cc2c(cc1-3)-c1ccccc1-c1ccccc1-c1ccccc1-2. The van der Waals surface area contributed by atoms with Crippen molar-refractivity contribution in [3.63, 3.8) is 0 Å². The van der Waals surface area contributed by atoms with E-state index in [1.807, 2.05) is 0 Å². The number of hydrogen-bond donors (Lipinski definition) is 0. The zero-order chi connectivity index (χ0) is 51.1. The standard InChI is InChI=1S/C76H53N3/c77-36-44-29-65-71(68-41-24-38-21-39(25-41)23-40(22-38)66(44)68)72-73-59(32-60-70-64(79(65)74(60)72)28-45(37-78)67-42-26-46-30-47-27-43(69(67)70)35-75(46,47)34-42)58-31-56-52-15-5-3-13-50(52)48-11-1-2-12-49(48)51-14-4-6-16-53(51)57(56)33-63(58)76(73)61-19-9-7-17-54(61)55-18-8-10-20-62(55)76/h1-20,28-29,31-33,38-43,46-47H,21-27,30,34-35H2. The van der Waals surface area contributed by atoms with E-state index in [1.165, 1.54) is 214 Å². The molecule has 0 amide bonds. The van der Waals surface area contributed by atoms with Gasteiger partial charge in [-0.25, -0.2) is 0 Å². The second-order valence-corrected chi connectivity index (χ2v) is 26.8. The first kappa shape index (κ1) is 41.8. The second kappa shape index (κ2) is 13.8. The van der Waals surface area contributed by atoms with Gasteiger partial charge in [-0.2, -0.15) is 10.5 Å². The van der Waals surface area contributed by atoms with Gasteiger partial charge in [0.25, 0.3) is 0 Å². The highest BCUT2D eigenvalue weighted by Crippen LogP contribution is 2.77. The summed E-state index contributed by atoms with van der Waals surface area (Å²) in [5.74, 6) is 4.69. The highest BCUT2D eigenvalue weighted by molar-refractivity contribution is 6.29. The molecule has 0 radical (unpaired) electrons. The highest BCUT2D eigenvalue weighted by atomic mass is 14.9. The van der Waals surface area contributed by atoms with Crippen LogP contribution in [0.5, 0.6) is 0 Å². The lowest BCUT2D eigenvalue weighted by Crippen LogP contribution is -2.41. The van der Waals surface area contributed by atoms with Crippen LogP contribution in [0.15, 0.2) is 152 Å². The Morgan fingerprint density at radius 3 is 1.42 bits per heavy atom. The maximum atomic E-state index is 11.6. The molecule has 0 saturated heterocycles. The van der Waals surface area contributed by atoms with Gasteiger partial charge in [0.05, 0.1) is 45.2 Å². The Balaban J connectivity index is 1.01. The number of rotatable bonds is 0. The van der Waals surface area contributed by atoms with Crippen molar-refractivity contribution in [2.75, 3.05) is 0 Å². The molecule has 5 saturated carbocycles. The van der Waals surface area contributed by atoms with Crippen molar-refractivity contribution in [1.82, 2.24) is 4.40 Å². The van der Waals surface area contributed by atoms with Crippen LogP contribution >= 0.6 is 0 Å². The number of nitrogens with zero attached hydrogens (tertiary/aromatic N) is 3. The van der Waals surface area contributed by atoms with Crippen molar-refractivity contribution in [2.45, 2.75) is 93.3 Å². The van der Waals surface area contributed by atoms with E-state index >= 15 is 0 Å². The van der Waals surface area contributed by atoms with Crippen LogP contribution in [0, 0.1) is 51.7 Å². The molecule has 3 heteroatoms. The fourth-order valence-electron chi connectivity index (χ4n) is 21.8. The summed E-state index contributed by atoms with van der Waals surface area (Å²) in [5, 5.41) is 28.7. The Hall–Kier alpha value is -8.24. The zero-order valence-electron chi connectivity index (χ0n) is 44.0. The first-order valence-electron chi connectivity index (χ1n) is 29.9. The molecule has 11 aromatic rings. The lowest BCUT2D eigenvalue weighted by Gasteiger charge is -2.48. The van der Waals surface area contributed by atoms with Gasteiger partial charge in [-0.3, -0.25) is 0 Å². The van der Waals surface area contributed by atoms with Crippen LogP contribution in [0.25, 0.3) is 105 Å². The average Bonchev–Trinajstić information content (AvgIpc) is 2.14. The fourth-order valence-corrected chi connectivity index (χ4v) is 21.8. The molecule has 2 heterocycles. The summed E-state index contributed by atoms with van der Waals surface area (Å²) in [6.07, 6.45) is 12.5. The molecule has 0 aliphatic heterocycles. The van der Waals surface area contributed by atoms with Gasteiger partial charge >= 0.3 is 0 Å². The number of benzene rings is 9. The van der Waals surface area contributed by atoms with E-state index < -0.39 is 5.41 Å². The van der Waals surface area contributed by atoms with E-state index in [1.54, 1.807) is 0 Å². The van der Waals surface area contributed by atoms with Crippen LogP contribution < -0.4 is 0 Å². The molecule has 9 aromatic carbocycles. The molecule has 0 N–H and O–H groups in total. The van der Waals surface area contributed by atoms with E-state index in [0.717, 1.165) is 23.0 Å². The van der Waals surface area contributed by atoms with E-state index in [4.69, 9.17) is 0 Å². The number of nitriles is 2. The lowest BCUT2D eigenvalue weighted by atomic mass is 9.56. The molecule has 7 unspecified atom stereocenters. The lowest BCUT2D eigenvalue weighted by molar-refractivity contribution is 0.00322. The zero-order valence-corrected chi connectivity index (χ0v) is 44.0. The van der Waals surface area contributed by atoms with Crippen molar-refractivity contribution < 1.29 is 0 Å². The maximum absolute atomic E-state index is 11.6. The molecule has 11 aliphatic rings. The van der Waals surface area contributed by atoms with E-state index in [0.29, 0.717) is 40.9 Å². The molecule has 22 rings (SSSR count). The summed E-state index contributed by atoms with van der Waals surface area (Å²) in [4.78, 5) is 0. The van der Waals surface area contributed by atoms with Crippen LogP contribution in [0.4, 0.5) is 0 Å². The topological polar surface area (TPSA) is 52.0 Å². The molecular weight excluding hydrogens is 955 g/mol. The van der Waals surface area contributed by atoms with Crippen molar-refractivity contribution >= 4 is 38.1 Å². The molecule has 7 bridgehead atoms. The summed E-state index contributed by atoms with van der Waals surface area (Å²) in [6.45, 7) is 0. The first-order chi connectivity index (χ1) is 39.0. The normalized spacial score (nSPS) is 27.1. The minimum atomic E-state index is -0.663. The molecule has 3 nitrogen and oxygen atoms in total. The van der Waals surface area contributed by atoms with Crippen LogP contribution in [0.2, 0.25) is 0 Å². The molecule has 11 aliphatic carbocycles. The van der Waals surface area contributed by atoms with E-state index in [2.05, 4.69) is 168 Å². The predicted octanol–water partition coefficient (Wildman–Crippen LogP) is 18.7. The predicted molar refractivity (Wildman–Crippen MR) is 316 cm³/mol. The maximum Gasteiger partial charge on any atom is 0.0995 e. The first-order valence-corrected chi connectivity index (χ1v) is 29.9. The third-order valence-electron chi connectivity index (χ3n) is 24.0. The molecule has 5 fully saturated rings. The number of fused-ring (bicyclic) bond motifs is 31. The minimum Gasteiger partial charge on any atom is -0.308 e. The van der Waals surface area contributed by atoms with Crippen LogP contribution in [-0.4, -0.2) is 4.40 Å². The van der Waals surface area contributed by atoms with Gasteiger partial charge < -0.3 is 4.40 Å². The Kier molecular flexibility index (Phi) is 7.29. The Bertz CT molecular complexity index is 4790. The monoisotopic (exact) mass is 1010 g/mol. The Labute approximate surface area is 459 Å². The van der Waals surface area contributed by atoms with Gasteiger partial charge in [0.1, 0.15) is 0 Å².